The van der Waals surface area contributed by atoms with Crippen LogP contribution in [0.1, 0.15) is 23.0 Å². The second-order valence-corrected chi connectivity index (χ2v) is 8.09. The number of rotatable bonds is 7. The van der Waals surface area contributed by atoms with Crippen LogP contribution in [0.25, 0.3) is 11.3 Å². The maximum Gasteiger partial charge on any atom is 0.254 e. The molecule has 3 rings (SSSR count). The zero-order valence-electron chi connectivity index (χ0n) is 15.4. The molecule has 0 unspecified atom stereocenters. The first-order chi connectivity index (χ1) is 13.3. The van der Waals surface area contributed by atoms with E-state index < -0.39 is 15.9 Å². The average molecular weight is 400 g/mol. The molecule has 0 saturated heterocycles. The van der Waals surface area contributed by atoms with Crippen LogP contribution in [0.15, 0.2) is 42.6 Å². The number of aromatic nitrogens is 3. The number of carbonyl (C=O) groups excluding carboxylic acids is 1. The van der Waals surface area contributed by atoms with Crippen molar-refractivity contribution in [3.8, 4) is 11.3 Å². The van der Waals surface area contributed by atoms with E-state index in [4.69, 9.17) is 5.73 Å². The molecule has 146 valence electrons. The summed E-state index contributed by atoms with van der Waals surface area (Å²) in [6.45, 7) is 3.41. The molecule has 0 fully saturated rings. The molecule has 9 nitrogen and oxygen atoms in total. The minimum absolute atomic E-state index is 0.0244. The van der Waals surface area contributed by atoms with E-state index in [0.717, 1.165) is 11.4 Å². The molecule has 0 saturated carbocycles. The van der Waals surface area contributed by atoms with Crippen molar-refractivity contribution in [2.45, 2.75) is 13.8 Å². The van der Waals surface area contributed by atoms with Crippen molar-refractivity contribution >= 4 is 33.1 Å². The summed E-state index contributed by atoms with van der Waals surface area (Å²) in [5.74, 6) is -0.305. The lowest BCUT2D eigenvalue weighted by atomic mass is 10.1. The zero-order chi connectivity index (χ0) is 20.3. The molecule has 5 N–H and O–H groups in total. The number of nitrogens with zero attached hydrogens (tertiary/aromatic N) is 2. The molecular formula is C18H20N6O3S. The topological polar surface area (TPSA) is 143 Å². The van der Waals surface area contributed by atoms with Gasteiger partial charge in [0, 0.05) is 28.8 Å². The van der Waals surface area contributed by atoms with Crippen LogP contribution < -0.4 is 15.8 Å². The van der Waals surface area contributed by atoms with Gasteiger partial charge in [-0.15, -0.1) is 0 Å². The molecule has 3 aromatic rings. The van der Waals surface area contributed by atoms with Crippen molar-refractivity contribution in [2.24, 2.45) is 5.73 Å². The van der Waals surface area contributed by atoms with Gasteiger partial charge in [-0.1, -0.05) is 12.1 Å². The van der Waals surface area contributed by atoms with Crippen LogP contribution in [0.5, 0.6) is 0 Å². The Morgan fingerprint density at radius 1 is 1.18 bits per heavy atom. The van der Waals surface area contributed by atoms with E-state index in [2.05, 4.69) is 25.2 Å². The van der Waals surface area contributed by atoms with Gasteiger partial charge in [0.15, 0.2) is 0 Å². The Labute approximate surface area is 162 Å². The summed E-state index contributed by atoms with van der Waals surface area (Å²) in [4.78, 5) is 16.2. The second-order valence-electron chi connectivity index (χ2n) is 6.08. The lowest BCUT2D eigenvalue weighted by Gasteiger charge is -2.08. The standard InChI is InChI=1S/C18H20N6O3S/c1-3-28(26,27)24-13-6-4-12(5-7-13)16-15(17(19)25)18(23-22-16)21-14-8-9-20-11(2)10-14/h4-10,24H,3H2,1-2H3,(H2,19,25)(H2,20,21,22,23). The van der Waals surface area contributed by atoms with Gasteiger partial charge in [0.1, 0.15) is 17.1 Å². The van der Waals surface area contributed by atoms with Crippen molar-refractivity contribution in [1.29, 1.82) is 0 Å². The molecule has 2 aromatic heterocycles. The molecule has 1 amide bonds. The van der Waals surface area contributed by atoms with E-state index in [-0.39, 0.29) is 11.3 Å². The number of aryl methyl sites for hydroxylation is 1. The number of amides is 1. The molecule has 0 atom stereocenters. The fourth-order valence-electron chi connectivity index (χ4n) is 2.60. The van der Waals surface area contributed by atoms with Gasteiger partial charge in [-0.2, -0.15) is 5.10 Å². The number of nitrogens with two attached hydrogens (primary N) is 1. The van der Waals surface area contributed by atoms with E-state index in [1.54, 1.807) is 43.5 Å². The molecule has 0 aliphatic carbocycles. The van der Waals surface area contributed by atoms with Crippen LogP contribution >= 0.6 is 0 Å². The van der Waals surface area contributed by atoms with Gasteiger partial charge in [-0.05, 0) is 38.1 Å². The van der Waals surface area contributed by atoms with E-state index in [0.29, 0.717) is 22.8 Å². The average Bonchev–Trinajstić information content (AvgIpc) is 3.06. The van der Waals surface area contributed by atoms with Gasteiger partial charge in [0.25, 0.3) is 5.91 Å². The van der Waals surface area contributed by atoms with E-state index >= 15 is 0 Å². The summed E-state index contributed by atoms with van der Waals surface area (Å²) >= 11 is 0. The highest BCUT2D eigenvalue weighted by Gasteiger charge is 2.20. The first kappa shape index (κ1) is 19.4. The maximum atomic E-state index is 12.0. The Morgan fingerprint density at radius 2 is 1.89 bits per heavy atom. The molecule has 28 heavy (non-hydrogen) atoms. The molecule has 0 aliphatic heterocycles. The molecular weight excluding hydrogens is 380 g/mol. The Kier molecular flexibility index (Phi) is 5.32. The van der Waals surface area contributed by atoms with Gasteiger partial charge < -0.3 is 11.1 Å². The molecule has 0 aliphatic rings. The summed E-state index contributed by atoms with van der Waals surface area (Å²) in [5.41, 5.74) is 8.72. The number of H-pyrrole nitrogens is 1. The van der Waals surface area contributed by atoms with E-state index in [9.17, 15) is 13.2 Å². The molecule has 0 bridgehead atoms. The van der Waals surface area contributed by atoms with Gasteiger partial charge in [0.2, 0.25) is 10.0 Å². The number of anilines is 3. The number of benzene rings is 1. The molecule has 1 aromatic carbocycles. The van der Waals surface area contributed by atoms with Crippen LogP contribution in [0.4, 0.5) is 17.2 Å². The number of hydrogen-bond donors (Lipinski definition) is 4. The van der Waals surface area contributed by atoms with Crippen LogP contribution in [-0.4, -0.2) is 35.3 Å². The number of pyridine rings is 1. The number of sulfonamides is 1. The normalized spacial score (nSPS) is 11.2. The summed E-state index contributed by atoms with van der Waals surface area (Å²) in [7, 11) is -3.37. The predicted molar refractivity (Wildman–Crippen MR) is 108 cm³/mol. The van der Waals surface area contributed by atoms with Crippen LogP contribution in [0, 0.1) is 6.92 Å². The fourth-order valence-corrected chi connectivity index (χ4v) is 3.24. The van der Waals surface area contributed by atoms with Crippen molar-refractivity contribution in [1.82, 2.24) is 15.2 Å². The zero-order valence-corrected chi connectivity index (χ0v) is 16.2. The lowest BCUT2D eigenvalue weighted by Crippen LogP contribution is -2.14. The van der Waals surface area contributed by atoms with Crippen molar-refractivity contribution in [2.75, 3.05) is 15.8 Å². The Hall–Kier alpha value is -3.40. The van der Waals surface area contributed by atoms with Crippen LogP contribution in [0.3, 0.4) is 0 Å². The first-order valence-electron chi connectivity index (χ1n) is 8.48. The number of primary amides is 1. The smallest absolute Gasteiger partial charge is 0.254 e. The molecule has 0 spiro atoms. The number of hydrogen-bond acceptors (Lipinski definition) is 6. The molecule has 0 radical (unpaired) electrons. The van der Waals surface area contributed by atoms with E-state index in [1.165, 1.54) is 0 Å². The van der Waals surface area contributed by atoms with Gasteiger partial charge in [0.05, 0.1) is 5.75 Å². The highest BCUT2D eigenvalue weighted by molar-refractivity contribution is 7.92. The Bertz CT molecular complexity index is 1110. The van der Waals surface area contributed by atoms with Crippen molar-refractivity contribution in [3.63, 3.8) is 0 Å². The third-order valence-electron chi connectivity index (χ3n) is 3.99. The van der Waals surface area contributed by atoms with Crippen molar-refractivity contribution < 1.29 is 13.2 Å². The summed E-state index contributed by atoms with van der Waals surface area (Å²) in [6.07, 6.45) is 1.65. The fraction of sp³-hybridized carbons (Fsp3) is 0.167. The van der Waals surface area contributed by atoms with Gasteiger partial charge >= 0.3 is 0 Å². The Balaban J connectivity index is 1.92. The minimum atomic E-state index is -3.37. The quantitative estimate of drug-likeness (QED) is 0.479. The largest absolute Gasteiger partial charge is 0.365 e. The Morgan fingerprint density at radius 3 is 2.50 bits per heavy atom. The van der Waals surface area contributed by atoms with Crippen LogP contribution in [-0.2, 0) is 10.0 Å². The van der Waals surface area contributed by atoms with E-state index in [1.807, 2.05) is 13.0 Å². The summed E-state index contributed by atoms with van der Waals surface area (Å²) in [6, 6.07) is 10.1. The first-order valence-corrected chi connectivity index (χ1v) is 10.1. The second kappa shape index (κ2) is 7.69. The highest BCUT2D eigenvalue weighted by atomic mass is 32.2. The molecule has 2 heterocycles. The van der Waals surface area contributed by atoms with Gasteiger partial charge in [-0.3, -0.25) is 19.6 Å². The van der Waals surface area contributed by atoms with Crippen molar-refractivity contribution in [3.05, 3.63) is 53.9 Å². The third-order valence-corrected chi connectivity index (χ3v) is 5.30. The van der Waals surface area contributed by atoms with Gasteiger partial charge in [-0.25, -0.2) is 8.42 Å². The van der Waals surface area contributed by atoms with Crippen LogP contribution in [0.2, 0.25) is 0 Å². The lowest BCUT2D eigenvalue weighted by molar-refractivity contribution is 0.100. The number of nitrogens with one attached hydrogen (secondary N) is 3. The monoisotopic (exact) mass is 400 g/mol. The maximum absolute atomic E-state index is 12.0. The molecule has 10 heteroatoms. The third kappa shape index (κ3) is 4.29. The number of aromatic amines is 1. The number of carbonyl (C=O) groups is 1. The predicted octanol–water partition coefficient (Wildman–Crippen LogP) is 2.38. The minimum Gasteiger partial charge on any atom is -0.365 e. The summed E-state index contributed by atoms with van der Waals surface area (Å²) in [5, 5.41) is 10.1. The highest BCUT2D eigenvalue weighted by Crippen LogP contribution is 2.29. The summed E-state index contributed by atoms with van der Waals surface area (Å²) < 4.78 is 25.8. The SMILES string of the molecule is CCS(=O)(=O)Nc1ccc(-c2n[nH]c(Nc3ccnc(C)c3)c2C(N)=O)cc1.